The highest BCUT2D eigenvalue weighted by Crippen LogP contribution is 2.34. The van der Waals surface area contributed by atoms with E-state index in [2.05, 4.69) is 25.9 Å². The van der Waals surface area contributed by atoms with Crippen LogP contribution in [0.3, 0.4) is 0 Å². The van der Waals surface area contributed by atoms with Crippen molar-refractivity contribution in [2.45, 2.75) is 25.8 Å². The molecule has 1 unspecified atom stereocenters. The Morgan fingerprint density at radius 2 is 2.08 bits per heavy atom. The van der Waals surface area contributed by atoms with Gasteiger partial charge in [-0.15, -0.1) is 0 Å². The lowest BCUT2D eigenvalue weighted by Crippen LogP contribution is -2.60. The van der Waals surface area contributed by atoms with Crippen LogP contribution in [-0.2, 0) is 4.74 Å². The Morgan fingerprint density at radius 1 is 1.46 bits per heavy atom. The molecular weight excluding hydrogens is 164 g/mol. The van der Waals surface area contributed by atoms with E-state index in [1.54, 1.807) is 0 Å². The summed E-state index contributed by atoms with van der Waals surface area (Å²) in [5.41, 5.74) is 6.07. The minimum absolute atomic E-state index is 0.236. The van der Waals surface area contributed by atoms with Crippen molar-refractivity contribution >= 4 is 0 Å². The van der Waals surface area contributed by atoms with E-state index in [9.17, 15) is 0 Å². The highest BCUT2D eigenvalue weighted by molar-refractivity contribution is 4.96. The van der Waals surface area contributed by atoms with Crippen molar-refractivity contribution in [3.8, 4) is 0 Å². The van der Waals surface area contributed by atoms with Crippen molar-refractivity contribution in [2.75, 3.05) is 33.9 Å². The molecule has 1 rings (SSSR count). The molecule has 13 heavy (non-hydrogen) atoms. The summed E-state index contributed by atoms with van der Waals surface area (Å²) in [5, 5.41) is 0. The molecule has 1 aliphatic heterocycles. The molecule has 0 aromatic heterocycles. The third-order valence-electron chi connectivity index (χ3n) is 3.08. The van der Waals surface area contributed by atoms with Gasteiger partial charge in [0.1, 0.15) is 0 Å². The Hall–Kier alpha value is -0.120. The topological polar surface area (TPSA) is 38.5 Å². The second kappa shape index (κ2) is 4.40. The van der Waals surface area contributed by atoms with E-state index in [0.29, 0.717) is 6.04 Å². The first-order valence-corrected chi connectivity index (χ1v) is 5.10. The molecule has 1 fully saturated rings. The molecule has 0 aromatic carbocycles. The SMILES string of the molecule is CCCC(N(C)C)C1(CN)COC1. The molecule has 0 spiro atoms. The number of hydrogen-bond donors (Lipinski definition) is 1. The summed E-state index contributed by atoms with van der Waals surface area (Å²) in [6.07, 6.45) is 2.43. The zero-order chi connectivity index (χ0) is 9.90. The van der Waals surface area contributed by atoms with Crippen molar-refractivity contribution in [1.29, 1.82) is 0 Å². The van der Waals surface area contributed by atoms with Gasteiger partial charge in [0.25, 0.3) is 0 Å². The molecule has 0 aromatic rings. The summed E-state index contributed by atoms with van der Waals surface area (Å²) in [7, 11) is 4.27. The molecule has 3 nitrogen and oxygen atoms in total. The number of nitrogens with two attached hydrogens (primary N) is 1. The highest BCUT2D eigenvalue weighted by Gasteiger charge is 2.44. The largest absolute Gasteiger partial charge is 0.380 e. The van der Waals surface area contributed by atoms with Crippen LogP contribution in [0.4, 0.5) is 0 Å². The van der Waals surface area contributed by atoms with Gasteiger partial charge in [-0.25, -0.2) is 0 Å². The molecule has 1 heterocycles. The standard InChI is InChI=1S/C10H22N2O/c1-4-5-9(12(2)3)10(6-11)7-13-8-10/h9H,4-8,11H2,1-3H3. The van der Waals surface area contributed by atoms with E-state index in [1.807, 2.05) is 0 Å². The van der Waals surface area contributed by atoms with E-state index in [1.165, 1.54) is 12.8 Å². The number of rotatable bonds is 5. The maximum atomic E-state index is 5.83. The predicted octanol–water partition coefficient (Wildman–Crippen LogP) is 0.692. The van der Waals surface area contributed by atoms with Crippen LogP contribution in [0.1, 0.15) is 19.8 Å². The average Bonchev–Trinajstić information content (AvgIpc) is 2.01. The van der Waals surface area contributed by atoms with E-state index >= 15 is 0 Å². The summed E-state index contributed by atoms with van der Waals surface area (Å²) < 4.78 is 5.30. The average molecular weight is 186 g/mol. The van der Waals surface area contributed by atoms with Gasteiger partial charge >= 0.3 is 0 Å². The summed E-state index contributed by atoms with van der Waals surface area (Å²) in [6.45, 7) is 4.65. The molecule has 0 radical (unpaired) electrons. The maximum Gasteiger partial charge on any atom is 0.0572 e. The van der Waals surface area contributed by atoms with Crippen LogP contribution in [0.25, 0.3) is 0 Å². The molecule has 1 aliphatic rings. The van der Waals surface area contributed by atoms with Crippen molar-refractivity contribution in [2.24, 2.45) is 11.1 Å². The Kier molecular flexibility index (Phi) is 3.71. The third-order valence-corrected chi connectivity index (χ3v) is 3.08. The molecule has 3 heteroatoms. The van der Waals surface area contributed by atoms with Crippen LogP contribution in [0.5, 0.6) is 0 Å². The van der Waals surface area contributed by atoms with Gasteiger partial charge in [0.15, 0.2) is 0 Å². The Morgan fingerprint density at radius 3 is 2.31 bits per heavy atom. The third kappa shape index (κ3) is 2.03. The Balaban J connectivity index is 2.61. The molecular formula is C10H22N2O. The smallest absolute Gasteiger partial charge is 0.0572 e. The fourth-order valence-corrected chi connectivity index (χ4v) is 2.20. The van der Waals surface area contributed by atoms with Crippen molar-refractivity contribution in [3.63, 3.8) is 0 Å². The van der Waals surface area contributed by atoms with Crippen molar-refractivity contribution in [3.05, 3.63) is 0 Å². The lowest BCUT2D eigenvalue weighted by molar-refractivity contribution is -0.144. The summed E-state index contributed by atoms with van der Waals surface area (Å²) in [4.78, 5) is 2.29. The van der Waals surface area contributed by atoms with Gasteiger partial charge in [-0.05, 0) is 20.5 Å². The fourth-order valence-electron chi connectivity index (χ4n) is 2.20. The van der Waals surface area contributed by atoms with E-state index < -0.39 is 0 Å². The van der Waals surface area contributed by atoms with Crippen LogP contribution >= 0.6 is 0 Å². The number of ether oxygens (including phenoxy) is 1. The van der Waals surface area contributed by atoms with Crippen LogP contribution in [0.2, 0.25) is 0 Å². The zero-order valence-corrected chi connectivity index (χ0v) is 9.05. The van der Waals surface area contributed by atoms with E-state index in [0.717, 1.165) is 19.8 Å². The Bertz CT molecular complexity index is 149. The molecule has 2 N–H and O–H groups in total. The first-order valence-electron chi connectivity index (χ1n) is 5.10. The second-order valence-corrected chi connectivity index (χ2v) is 4.33. The zero-order valence-electron chi connectivity index (χ0n) is 9.05. The minimum atomic E-state index is 0.236. The minimum Gasteiger partial charge on any atom is -0.380 e. The van der Waals surface area contributed by atoms with Crippen molar-refractivity contribution in [1.82, 2.24) is 4.90 Å². The lowest BCUT2D eigenvalue weighted by Gasteiger charge is -2.49. The summed E-state index contributed by atoms with van der Waals surface area (Å²) in [6, 6.07) is 0.580. The quantitative estimate of drug-likeness (QED) is 0.686. The van der Waals surface area contributed by atoms with Gasteiger partial charge in [0, 0.05) is 18.0 Å². The normalized spacial score (nSPS) is 22.8. The fraction of sp³-hybridized carbons (Fsp3) is 1.00. The molecule has 0 aliphatic carbocycles. The second-order valence-electron chi connectivity index (χ2n) is 4.33. The Labute approximate surface area is 81.2 Å². The first-order chi connectivity index (χ1) is 6.16. The van der Waals surface area contributed by atoms with Crippen LogP contribution in [-0.4, -0.2) is 44.8 Å². The van der Waals surface area contributed by atoms with Gasteiger partial charge in [-0.3, -0.25) is 0 Å². The summed E-state index contributed by atoms with van der Waals surface area (Å²) >= 11 is 0. The molecule has 1 atom stereocenters. The first kappa shape index (κ1) is 11.0. The van der Waals surface area contributed by atoms with Gasteiger partial charge in [-0.1, -0.05) is 13.3 Å². The lowest BCUT2D eigenvalue weighted by atomic mass is 9.76. The van der Waals surface area contributed by atoms with Crippen LogP contribution < -0.4 is 5.73 Å². The van der Waals surface area contributed by atoms with Gasteiger partial charge in [0.05, 0.1) is 13.2 Å². The molecule has 0 amide bonds. The van der Waals surface area contributed by atoms with Crippen LogP contribution in [0.15, 0.2) is 0 Å². The molecule has 1 saturated heterocycles. The molecule has 78 valence electrons. The molecule has 0 saturated carbocycles. The van der Waals surface area contributed by atoms with Gasteiger partial charge in [0.2, 0.25) is 0 Å². The molecule has 0 bridgehead atoms. The van der Waals surface area contributed by atoms with Crippen LogP contribution in [0, 0.1) is 5.41 Å². The maximum absolute atomic E-state index is 5.83. The summed E-state index contributed by atoms with van der Waals surface area (Å²) in [5.74, 6) is 0. The van der Waals surface area contributed by atoms with Gasteiger partial charge < -0.3 is 15.4 Å². The number of hydrogen-bond acceptors (Lipinski definition) is 3. The monoisotopic (exact) mass is 186 g/mol. The number of nitrogens with zero attached hydrogens (tertiary/aromatic N) is 1. The van der Waals surface area contributed by atoms with E-state index in [-0.39, 0.29) is 5.41 Å². The highest BCUT2D eigenvalue weighted by atomic mass is 16.5. The predicted molar refractivity (Wildman–Crippen MR) is 54.7 cm³/mol. The van der Waals surface area contributed by atoms with E-state index in [4.69, 9.17) is 10.5 Å². The van der Waals surface area contributed by atoms with Crippen molar-refractivity contribution < 1.29 is 4.74 Å². The van der Waals surface area contributed by atoms with Gasteiger partial charge in [-0.2, -0.15) is 0 Å².